The Morgan fingerprint density at radius 2 is 2.16 bits per heavy atom. The predicted molar refractivity (Wildman–Crippen MR) is 124 cm³/mol. The molecule has 2 aliphatic heterocycles. The van der Waals surface area contributed by atoms with Crippen LogP contribution in [0.4, 0.5) is 0 Å². The topological polar surface area (TPSA) is 130 Å². The van der Waals surface area contributed by atoms with Gasteiger partial charge in [-0.25, -0.2) is 4.79 Å². The zero-order valence-electron chi connectivity index (χ0n) is 17.2. The van der Waals surface area contributed by atoms with Crippen molar-refractivity contribution in [3.63, 3.8) is 0 Å². The summed E-state index contributed by atoms with van der Waals surface area (Å²) >= 11 is 7.65. The third-order valence-corrected chi connectivity index (χ3v) is 9.23. The average Bonchev–Trinajstić information content (AvgIpc) is 3.33. The summed E-state index contributed by atoms with van der Waals surface area (Å²) in [6, 6.07) is -1.39. The summed E-state index contributed by atoms with van der Waals surface area (Å²) in [5.74, 6) is -1.07. The first kappa shape index (κ1) is 23.3. The fourth-order valence-electron chi connectivity index (χ4n) is 3.33. The molecule has 3 atom stereocenters. The molecule has 2 aromatic rings. The summed E-state index contributed by atoms with van der Waals surface area (Å²) in [6.45, 7) is 5.36. The molecule has 10 nitrogen and oxygen atoms in total. The number of aromatic nitrogens is 4. The van der Waals surface area contributed by atoms with Crippen LogP contribution in [0.25, 0.3) is 0 Å². The minimum absolute atomic E-state index is 0.00216. The van der Waals surface area contributed by atoms with E-state index in [-0.39, 0.29) is 11.6 Å². The van der Waals surface area contributed by atoms with Crippen molar-refractivity contribution in [2.24, 2.45) is 0 Å². The van der Waals surface area contributed by atoms with Gasteiger partial charge in [-0.2, -0.15) is 5.10 Å². The van der Waals surface area contributed by atoms with E-state index in [0.29, 0.717) is 17.1 Å². The molecule has 0 aromatic carbocycles. The van der Waals surface area contributed by atoms with Crippen LogP contribution in [0, 0.1) is 13.8 Å². The molecule has 1 saturated heterocycles. The number of hydrogen-bond donors (Lipinski definition) is 2. The van der Waals surface area contributed by atoms with Crippen LogP contribution in [0.2, 0.25) is 0 Å². The number of halogens is 1. The number of hydrogen-bond acceptors (Lipinski definition) is 9. The molecule has 0 saturated carbocycles. The van der Waals surface area contributed by atoms with Crippen LogP contribution in [0.5, 0.6) is 0 Å². The second-order valence-electron chi connectivity index (χ2n) is 7.25. The first-order chi connectivity index (χ1) is 15.2. The van der Waals surface area contributed by atoms with Gasteiger partial charge in [-0.15, -0.1) is 22.0 Å². The van der Waals surface area contributed by atoms with Crippen molar-refractivity contribution in [1.29, 1.82) is 0 Å². The number of nitrogens with one attached hydrogen (secondary N) is 1. The molecule has 1 fully saturated rings. The van der Waals surface area contributed by atoms with Crippen molar-refractivity contribution in [3.05, 3.63) is 32.6 Å². The molecule has 2 aliphatic rings. The van der Waals surface area contributed by atoms with Crippen molar-refractivity contribution >= 4 is 68.6 Å². The van der Waals surface area contributed by atoms with Gasteiger partial charge in [0.05, 0.1) is 10.2 Å². The highest BCUT2D eigenvalue weighted by Gasteiger charge is 2.54. The number of amides is 2. The molecule has 2 N–H and O–H groups in total. The minimum Gasteiger partial charge on any atom is -0.477 e. The van der Waals surface area contributed by atoms with Crippen LogP contribution >= 0.6 is 50.8 Å². The lowest BCUT2D eigenvalue weighted by atomic mass is 10.0. The number of carbonyl (C=O) groups is 3. The standard InChI is InChI=1S/C18H19BrN6O4S3/c1-7-11(19)4-24(23-7)8(2)14(26)20-12-15(27)25-13(17(28)29)10(5-30-16(12)25)6-31-18-22-21-9(3)32-18/h4,8,12,16H,5-6H2,1-3H3,(H,20,26)(H,28,29)/t8-,12-,16+/m0/s1. The maximum Gasteiger partial charge on any atom is 0.352 e. The fourth-order valence-corrected chi connectivity index (χ4v) is 6.92. The van der Waals surface area contributed by atoms with Gasteiger partial charge in [0, 0.05) is 17.7 Å². The maximum absolute atomic E-state index is 12.8. The van der Waals surface area contributed by atoms with Crippen molar-refractivity contribution in [2.75, 3.05) is 11.5 Å². The van der Waals surface area contributed by atoms with Crippen LogP contribution in [0.15, 0.2) is 26.3 Å². The fraction of sp³-hybridized carbons (Fsp3) is 0.444. The molecule has 0 unspecified atom stereocenters. The molecule has 14 heteroatoms. The van der Waals surface area contributed by atoms with Crippen LogP contribution in [0.3, 0.4) is 0 Å². The van der Waals surface area contributed by atoms with Crippen LogP contribution in [-0.2, 0) is 14.4 Å². The number of rotatable bonds is 7. The Hall–Kier alpha value is -1.90. The minimum atomic E-state index is -1.15. The molecular weight excluding hydrogens is 540 g/mol. The van der Waals surface area contributed by atoms with Gasteiger partial charge >= 0.3 is 5.97 Å². The Kier molecular flexibility index (Phi) is 6.66. The Morgan fingerprint density at radius 3 is 2.75 bits per heavy atom. The Bertz CT molecular complexity index is 1110. The maximum atomic E-state index is 12.8. The van der Waals surface area contributed by atoms with Gasteiger partial charge in [-0.05, 0) is 42.3 Å². The Balaban J connectivity index is 1.45. The zero-order chi connectivity index (χ0) is 23.2. The van der Waals surface area contributed by atoms with E-state index in [2.05, 4.69) is 36.5 Å². The number of β-lactam (4-membered cyclic amide) rings is 1. The summed E-state index contributed by atoms with van der Waals surface area (Å²) in [7, 11) is 0. The van der Waals surface area contributed by atoms with Crippen molar-refractivity contribution in [1.82, 2.24) is 30.2 Å². The molecule has 2 aromatic heterocycles. The average molecular weight is 559 g/mol. The molecule has 0 spiro atoms. The van der Waals surface area contributed by atoms with Gasteiger partial charge in [0.2, 0.25) is 5.91 Å². The summed E-state index contributed by atoms with van der Waals surface area (Å²) in [6.07, 6.45) is 1.71. The zero-order valence-corrected chi connectivity index (χ0v) is 21.3. The van der Waals surface area contributed by atoms with Crippen LogP contribution < -0.4 is 5.32 Å². The van der Waals surface area contributed by atoms with Crippen LogP contribution in [0.1, 0.15) is 23.7 Å². The van der Waals surface area contributed by atoms with E-state index < -0.39 is 29.3 Å². The second kappa shape index (κ2) is 9.15. The Morgan fingerprint density at radius 1 is 1.41 bits per heavy atom. The molecule has 0 bridgehead atoms. The third kappa shape index (κ3) is 4.32. The van der Waals surface area contributed by atoms with Gasteiger partial charge in [0.15, 0.2) is 4.34 Å². The molecule has 4 rings (SSSR count). The number of fused-ring (bicyclic) bond motifs is 1. The summed E-state index contributed by atoms with van der Waals surface area (Å²) in [4.78, 5) is 38.8. The SMILES string of the molecule is Cc1nnc(SCC2=C(C(=O)O)N3C(=O)[C@H](NC(=O)[C@H](C)n4cc(Br)c(C)n4)[C@H]3SC2)s1. The molecule has 2 amide bonds. The molecular formula is C18H19BrN6O4S3. The smallest absolute Gasteiger partial charge is 0.352 e. The number of aryl methyl sites for hydroxylation is 2. The largest absolute Gasteiger partial charge is 0.477 e. The number of nitrogens with zero attached hydrogens (tertiary/aromatic N) is 5. The van der Waals surface area contributed by atoms with Crippen LogP contribution in [-0.4, -0.2) is 70.7 Å². The van der Waals surface area contributed by atoms with Crippen molar-refractivity contribution < 1.29 is 19.5 Å². The molecule has 32 heavy (non-hydrogen) atoms. The van der Waals surface area contributed by atoms with E-state index in [4.69, 9.17) is 0 Å². The van der Waals surface area contributed by atoms with Gasteiger partial charge < -0.3 is 10.4 Å². The van der Waals surface area contributed by atoms with Gasteiger partial charge in [-0.3, -0.25) is 19.2 Å². The molecule has 0 radical (unpaired) electrons. The van der Waals surface area contributed by atoms with E-state index in [1.165, 1.54) is 44.4 Å². The lowest BCUT2D eigenvalue weighted by Crippen LogP contribution is -2.71. The van der Waals surface area contributed by atoms with E-state index in [1.54, 1.807) is 13.1 Å². The Labute approximate surface area is 204 Å². The summed E-state index contributed by atoms with van der Waals surface area (Å²) in [5.41, 5.74) is 1.40. The first-order valence-corrected chi connectivity index (χ1v) is 13.2. The number of carbonyl (C=O) groups excluding carboxylic acids is 2. The molecule has 0 aliphatic carbocycles. The second-order valence-corrected chi connectivity index (χ2v) is 11.6. The van der Waals surface area contributed by atoms with Gasteiger partial charge in [0.25, 0.3) is 5.91 Å². The number of carboxylic acid groups (broad SMARTS) is 1. The summed E-state index contributed by atoms with van der Waals surface area (Å²) in [5, 5.41) is 25.2. The molecule has 4 heterocycles. The first-order valence-electron chi connectivity index (χ1n) is 9.52. The number of aliphatic carboxylic acids is 1. The highest BCUT2D eigenvalue weighted by atomic mass is 79.9. The van der Waals surface area contributed by atoms with E-state index >= 15 is 0 Å². The lowest BCUT2D eigenvalue weighted by molar-refractivity contribution is -0.151. The van der Waals surface area contributed by atoms with E-state index in [0.717, 1.165) is 19.5 Å². The quantitative estimate of drug-likeness (QED) is 0.387. The number of thioether (sulfide) groups is 2. The summed E-state index contributed by atoms with van der Waals surface area (Å²) < 4.78 is 3.06. The lowest BCUT2D eigenvalue weighted by Gasteiger charge is -2.49. The van der Waals surface area contributed by atoms with Gasteiger partial charge in [0.1, 0.15) is 28.2 Å². The van der Waals surface area contributed by atoms with Crippen molar-refractivity contribution in [3.8, 4) is 0 Å². The monoisotopic (exact) mass is 558 g/mol. The van der Waals surface area contributed by atoms with E-state index in [9.17, 15) is 19.5 Å². The third-order valence-electron chi connectivity index (χ3n) is 5.06. The number of carboxylic acids is 1. The van der Waals surface area contributed by atoms with Gasteiger partial charge in [-0.1, -0.05) is 23.1 Å². The van der Waals surface area contributed by atoms with Crippen molar-refractivity contribution in [2.45, 2.75) is 42.6 Å². The molecule has 170 valence electrons. The normalized spacial score (nSPS) is 21.2. The highest BCUT2D eigenvalue weighted by Crippen LogP contribution is 2.42. The highest BCUT2D eigenvalue weighted by molar-refractivity contribution is 9.10. The predicted octanol–water partition coefficient (Wildman–Crippen LogP) is 2.21. The van der Waals surface area contributed by atoms with E-state index in [1.807, 2.05) is 13.8 Å².